The predicted octanol–water partition coefficient (Wildman–Crippen LogP) is 1.67. The smallest absolute Gasteiger partial charge is 0.0962 e. The van der Waals surface area contributed by atoms with Crippen molar-refractivity contribution in [2.75, 3.05) is 6.61 Å². The van der Waals surface area contributed by atoms with Gasteiger partial charge in [0.25, 0.3) is 0 Å². The maximum absolute atomic E-state index is 10.5. The third-order valence-electron chi connectivity index (χ3n) is 4.60. The predicted molar refractivity (Wildman–Crippen MR) is 82.8 cm³/mol. The lowest BCUT2D eigenvalue weighted by molar-refractivity contribution is -0.00343. The van der Waals surface area contributed by atoms with Gasteiger partial charge in [-0.05, 0) is 36.8 Å². The molecule has 2 atom stereocenters. The Morgan fingerprint density at radius 3 is 2.57 bits per heavy atom. The lowest BCUT2D eigenvalue weighted by atomic mass is 9.81. The molecule has 0 spiro atoms. The van der Waals surface area contributed by atoms with Crippen LogP contribution in [0.15, 0.2) is 24.3 Å². The molecule has 1 aromatic rings. The van der Waals surface area contributed by atoms with Crippen molar-refractivity contribution in [3.05, 3.63) is 35.4 Å². The zero-order chi connectivity index (χ0) is 15.3. The van der Waals surface area contributed by atoms with E-state index in [0.717, 1.165) is 49.7 Å². The van der Waals surface area contributed by atoms with E-state index in [1.165, 1.54) is 6.42 Å². The van der Waals surface area contributed by atoms with Crippen LogP contribution >= 0.6 is 0 Å². The number of aryl methyl sites for hydroxylation is 1. The molecule has 0 bridgehead atoms. The molecule has 0 aromatic heterocycles. The summed E-state index contributed by atoms with van der Waals surface area (Å²) in [5.41, 5.74) is 7.35. The molecule has 5 N–H and O–H groups in total. The van der Waals surface area contributed by atoms with E-state index in [0.29, 0.717) is 0 Å². The molecule has 4 nitrogen and oxygen atoms in total. The van der Waals surface area contributed by atoms with Crippen LogP contribution < -0.4 is 5.73 Å². The molecule has 1 aliphatic carbocycles. The number of hydrogen-bond acceptors (Lipinski definition) is 4. The minimum Gasteiger partial charge on any atom is -0.394 e. The minimum absolute atomic E-state index is 0.342. The van der Waals surface area contributed by atoms with Gasteiger partial charge in [-0.2, -0.15) is 0 Å². The van der Waals surface area contributed by atoms with E-state index in [2.05, 4.69) is 0 Å². The third-order valence-corrected chi connectivity index (χ3v) is 4.60. The first-order valence-corrected chi connectivity index (χ1v) is 7.90. The van der Waals surface area contributed by atoms with Crippen LogP contribution in [0.1, 0.15) is 55.7 Å². The van der Waals surface area contributed by atoms with Crippen molar-refractivity contribution in [2.24, 2.45) is 5.73 Å². The van der Waals surface area contributed by atoms with Gasteiger partial charge in [0, 0.05) is 0 Å². The zero-order valence-corrected chi connectivity index (χ0v) is 12.5. The first-order valence-electron chi connectivity index (χ1n) is 7.90. The largest absolute Gasteiger partial charge is 0.394 e. The van der Waals surface area contributed by atoms with Crippen molar-refractivity contribution >= 4 is 0 Å². The second-order valence-corrected chi connectivity index (χ2v) is 6.31. The van der Waals surface area contributed by atoms with Crippen molar-refractivity contribution in [1.29, 1.82) is 0 Å². The Labute approximate surface area is 126 Å². The van der Waals surface area contributed by atoms with Gasteiger partial charge in [-0.1, -0.05) is 43.5 Å². The Kier molecular flexibility index (Phi) is 5.76. The van der Waals surface area contributed by atoms with E-state index in [-0.39, 0.29) is 6.61 Å². The SMILES string of the molecule is NC(c1cccc(CCC2(O)CCCCC2)c1)[C@H](O)CO. The van der Waals surface area contributed by atoms with Crippen molar-refractivity contribution in [1.82, 2.24) is 0 Å². The summed E-state index contributed by atoms with van der Waals surface area (Å²) in [6, 6.07) is 7.19. The fourth-order valence-corrected chi connectivity index (χ4v) is 3.13. The number of benzene rings is 1. The summed E-state index contributed by atoms with van der Waals surface area (Å²) in [5.74, 6) is 0. The van der Waals surface area contributed by atoms with E-state index in [1.54, 1.807) is 0 Å². The van der Waals surface area contributed by atoms with Crippen molar-refractivity contribution < 1.29 is 15.3 Å². The lowest BCUT2D eigenvalue weighted by Gasteiger charge is -2.32. The summed E-state index contributed by atoms with van der Waals surface area (Å²) in [6.45, 7) is -0.342. The molecule has 1 unspecified atom stereocenters. The molecule has 0 radical (unpaired) electrons. The number of nitrogens with two attached hydrogens (primary N) is 1. The van der Waals surface area contributed by atoms with Gasteiger partial charge in [-0.25, -0.2) is 0 Å². The summed E-state index contributed by atoms with van der Waals surface area (Å²) in [7, 11) is 0. The highest BCUT2D eigenvalue weighted by Crippen LogP contribution is 2.32. The van der Waals surface area contributed by atoms with E-state index < -0.39 is 17.7 Å². The fourth-order valence-electron chi connectivity index (χ4n) is 3.13. The number of hydrogen-bond donors (Lipinski definition) is 4. The first-order chi connectivity index (χ1) is 10.0. The van der Waals surface area contributed by atoms with E-state index in [4.69, 9.17) is 10.8 Å². The Morgan fingerprint density at radius 2 is 1.90 bits per heavy atom. The third kappa shape index (κ3) is 4.51. The maximum Gasteiger partial charge on any atom is 0.0962 e. The van der Waals surface area contributed by atoms with E-state index in [1.807, 2.05) is 24.3 Å². The molecule has 0 aliphatic heterocycles. The second kappa shape index (κ2) is 7.36. The maximum atomic E-state index is 10.5. The van der Waals surface area contributed by atoms with Crippen molar-refractivity contribution in [3.8, 4) is 0 Å². The standard InChI is InChI=1S/C17H27NO3/c18-16(15(20)12-19)14-6-4-5-13(11-14)7-10-17(21)8-2-1-3-9-17/h4-6,11,15-16,19-21H,1-3,7-10,12,18H2/t15-,16?/m1/s1. The van der Waals surface area contributed by atoms with Gasteiger partial charge in [0.1, 0.15) is 0 Å². The molecule has 1 aromatic carbocycles. The van der Waals surface area contributed by atoms with Crippen molar-refractivity contribution in [3.63, 3.8) is 0 Å². The van der Waals surface area contributed by atoms with Crippen molar-refractivity contribution in [2.45, 2.75) is 62.7 Å². The Balaban J connectivity index is 1.97. The van der Waals surface area contributed by atoms with Gasteiger partial charge in [0.2, 0.25) is 0 Å². The van der Waals surface area contributed by atoms with Crippen LogP contribution in [0, 0.1) is 0 Å². The van der Waals surface area contributed by atoms with Gasteiger partial charge < -0.3 is 21.1 Å². The summed E-state index contributed by atoms with van der Waals surface area (Å²) >= 11 is 0. The molecule has 1 fully saturated rings. The molecule has 0 amide bonds. The van der Waals surface area contributed by atoms with Crippen LogP contribution in [0.3, 0.4) is 0 Å². The van der Waals surface area contributed by atoms with Crippen LogP contribution in [-0.4, -0.2) is 33.6 Å². The molecule has 0 heterocycles. The second-order valence-electron chi connectivity index (χ2n) is 6.31. The number of aliphatic hydroxyl groups excluding tert-OH is 2. The molecule has 21 heavy (non-hydrogen) atoms. The Bertz CT molecular complexity index is 443. The normalized spacial score (nSPS) is 21.0. The fraction of sp³-hybridized carbons (Fsp3) is 0.647. The quantitative estimate of drug-likeness (QED) is 0.642. The topological polar surface area (TPSA) is 86.7 Å². The van der Waals surface area contributed by atoms with Crippen LogP contribution in [-0.2, 0) is 6.42 Å². The Hall–Kier alpha value is -0.940. The summed E-state index contributed by atoms with van der Waals surface area (Å²) in [4.78, 5) is 0. The minimum atomic E-state index is -0.942. The summed E-state index contributed by atoms with van der Waals surface area (Å²) < 4.78 is 0. The van der Waals surface area contributed by atoms with Crippen LogP contribution in [0.5, 0.6) is 0 Å². The molecule has 118 valence electrons. The molecular weight excluding hydrogens is 266 g/mol. The van der Waals surface area contributed by atoms with Gasteiger partial charge in [-0.3, -0.25) is 0 Å². The monoisotopic (exact) mass is 293 g/mol. The van der Waals surface area contributed by atoms with Crippen LogP contribution in [0.2, 0.25) is 0 Å². The van der Waals surface area contributed by atoms with Gasteiger partial charge in [0.05, 0.1) is 24.4 Å². The van der Waals surface area contributed by atoms with E-state index in [9.17, 15) is 10.2 Å². The van der Waals surface area contributed by atoms with E-state index >= 15 is 0 Å². The highest BCUT2D eigenvalue weighted by atomic mass is 16.3. The highest BCUT2D eigenvalue weighted by molar-refractivity contribution is 5.27. The zero-order valence-electron chi connectivity index (χ0n) is 12.5. The summed E-state index contributed by atoms with van der Waals surface area (Å²) in [5, 5.41) is 29.2. The van der Waals surface area contributed by atoms with Gasteiger partial charge in [-0.15, -0.1) is 0 Å². The highest BCUT2D eigenvalue weighted by Gasteiger charge is 2.28. The molecule has 1 saturated carbocycles. The Morgan fingerprint density at radius 1 is 1.19 bits per heavy atom. The van der Waals surface area contributed by atoms with Gasteiger partial charge in [0.15, 0.2) is 0 Å². The molecular formula is C17H27NO3. The lowest BCUT2D eigenvalue weighted by Crippen LogP contribution is -2.32. The molecule has 4 heteroatoms. The molecule has 2 rings (SSSR count). The average Bonchev–Trinajstić information content (AvgIpc) is 2.52. The van der Waals surface area contributed by atoms with Crippen LogP contribution in [0.4, 0.5) is 0 Å². The average molecular weight is 293 g/mol. The van der Waals surface area contributed by atoms with Crippen LogP contribution in [0.25, 0.3) is 0 Å². The summed E-state index contributed by atoms with van der Waals surface area (Å²) in [6.07, 6.45) is 5.90. The molecule has 1 aliphatic rings. The molecule has 0 saturated heterocycles. The number of rotatable bonds is 6. The van der Waals surface area contributed by atoms with Gasteiger partial charge >= 0.3 is 0 Å². The number of aliphatic hydroxyl groups is 3. The first kappa shape index (κ1) is 16.4.